The van der Waals surface area contributed by atoms with Crippen molar-refractivity contribution in [3.63, 3.8) is 0 Å². The Morgan fingerprint density at radius 3 is 3.00 bits per heavy atom. The minimum absolute atomic E-state index is 0.251. The molecule has 0 fully saturated rings. The van der Waals surface area contributed by atoms with Gasteiger partial charge in [0.2, 0.25) is 0 Å². The highest BCUT2D eigenvalue weighted by molar-refractivity contribution is 5.67. The average Bonchev–Trinajstić information content (AvgIpc) is 2.27. The van der Waals surface area contributed by atoms with Gasteiger partial charge in [0.05, 0.1) is 0 Å². The summed E-state index contributed by atoms with van der Waals surface area (Å²) in [6, 6.07) is 7.73. The fourth-order valence-corrected chi connectivity index (χ4v) is 1.17. The van der Waals surface area contributed by atoms with E-state index < -0.39 is 0 Å². The molecule has 1 aromatic carbocycles. The number of hydrogen-bond acceptors (Lipinski definition) is 2. The smallest absolute Gasteiger partial charge is 0.188 e. The Hall–Kier alpha value is -1.72. The molecule has 2 nitrogen and oxygen atoms in total. The number of methoxy groups -OCH3 is 1. The molecule has 78 valence electrons. The van der Waals surface area contributed by atoms with Gasteiger partial charge in [0.1, 0.15) is 5.75 Å². The molecule has 0 aliphatic heterocycles. The van der Waals surface area contributed by atoms with Crippen LogP contribution >= 0.6 is 0 Å². The Kier molecular flexibility index (Phi) is 4.46. The maximum atomic E-state index is 5.32. The van der Waals surface area contributed by atoms with Crippen LogP contribution < -0.4 is 4.74 Å². The van der Waals surface area contributed by atoms with Gasteiger partial charge in [-0.3, -0.25) is 0 Å². The van der Waals surface area contributed by atoms with Gasteiger partial charge in [0.25, 0.3) is 0 Å². The first-order chi connectivity index (χ1) is 7.27. The number of allylic oxidation sites excluding steroid dienone is 2. The van der Waals surface area contributed by atoms with Gasteiger partial charge in [-0.05, 0) is 36.3 Å². The normalized spacial score (nSPS) is 10.9. The fourth-order valence-electron chi connectivity index (χ4n) is 1.17. The van der Waals surface area contributed by atoms with E-state index in [2.05, 4.69) is 5.92 Å². The molecule has 0 aliphatic rings. The van der Waals surface area contributed by atoms with E-state index in [1.807, 2.05) is 31.2 Å². The summed E-state index contributed by atoms with van der Waals surface area (Å²) in [6.45, 7) is 2.22. The Morgan fingerprint density at radius 2 is 2.33 bits per heavy atom. The van der Waals surface area contributed by atoms with Crippen molar-refractivity contribution >= 4 is 5.57 Å². The van der Waals surface area contributed by atoms with E-state index in [-0.39, 0.29) is 6.79 Å². The molecule has 0 amide bonds. The van der Waals surface area contributed by atoms with Gasteiger partial charge in [-0.15, -0.1) is 6.42 Å². The molecular weight excluding hydrogens is 188 g/mol. The van der Waals surface area contributed by atoms with Crippen LogP contribution in [0.2, 0.25) is 0 Å². The molecular formula is C13H14O2. The lowest BCUT2D eigenvalue weighted by atomic mass is 10.1. The van der Waals surface area contributed by atoms with E-state index >= 15 is 0 Å². The zero-order valence-corrected chi connectivity index (χ0v) is 8.99. The molecule has 0 N–H and O–H groups in total. The molecule has 1 aromatic rings. The van der Waals surface area contributed by atoms with Gasteiger partial charge in [-0.2, -0.15) is 0 Å². The minimum atomic E-state index is 0.251. The third kappa shape index (κ3) is 3.49. The van der Waals surface area contributed by atoms with Crippen LogP contribution in [0.5, 0.6) is 5.75 Å². The van der Waals surface area contributed by atoms with Crippen molar-refractivity contribution in [3.8, 4) is 18.1 Å². The van der Waals surface area contributed by atoms with Gasteiger partial charge in [-0.25, -0.2) is 0 Å². The van der Waals surface area contributed by atoms with E-state index in [0.717, 1.165) is 16.9 Å². The number of rotatable bonds is 4. The molecule has 0 saturated heterocycles. The van der Waals surface area contributed by atoms with Crippen LogP contribution in [-0.2, 0) is 4.74 Å². The molecule has 0 atom stereocenters. The average molecular weight is 202 g/mol. The fraction of sp³-hybridized carbons (Fsp3) is 0.231. The predicted molar refractivity (Wildman–Crippen MR) is 61.4 cm³/mol. The summed E-state index contributed by atoms with van der Waals surface area (Å²) in [4.78, 5) is 0. The van der Waals surface area contributed by atoms with Crippen molar-refractivity contribution in [3.05, 3.63) is 35.9 Å². The highest BCUT2D eigenvalue weighted by atomic mass is 16.7. The summed E-state index contributed by atoms with van der Waals surface area (Å²) in [6.07, 6.45) is 6.94. The quantitative estimate of drug-likeness (QED) is 0.552. The third-order valence-electron chi connectivity index (χ3n) is 1.93. The number of benzene rings is 1. The van der Waals surface area contributed by atoms with E-state index in [0.29, 0.717) is 0 Å². The Morgan fingerprint density at radius 1 is 1.53 bits per heavy atom. The second-order valence-electron chi connectivity index (χ2n) is 3.07. The molecule has 0 aromatic heterocycles. The molecule has 0 unspecified atom stereocenters. The minimum Gasteiger partial charge on any atom is -0.468 e. The monoisotopic (exact) mass is 202 g/mol. The van der Waals surface area contributed by atoms with Gasteiger partial charge in [0, 0.05) is 7.11 Å². The van der Waals surface area contributed by atoms with Crippen molar-refractivity contribution in [1.82, 2.24) is 0 Å². The van der Waals surface area contributed by atoms with Crippen molar-refractivity contribution in [2.24, 2.45) is 0 Å². The molecule has 0 radical (unpaired) electrons. The molecule has 0 aliphatic carbocycles. The SMILES string of the molecule is C#C/C=C(\C)c1cccc(OCOC)c1. The molecule has 0 spiro atoms. The maximum absolute atomic E-state index is 5.32. The largest absolute Gasteiger partial charge is 0.468 e. The van der Waals surface area contributed by atoms with Crippen LogP contribution in [0.1, 0.15) is 12.5 Å². The highest BCUT2D eigenvalue weighted by Crippen LogP contribution is 2.19. The van der Waals surface area contributed by atoms with Crippen LogP contribution in [0, 0.1) is 12.3 Å². The van der Waals surface area contributed by atoms with Crippen LogP contribution in [0.4, 0.5) is 0 Å². The Labute approximate surface area is 90.5 Å². The van der Waals surface area contributed by atoms with Gasteiger partial charge < -0.3 is 9.47 Å². The number of ether oxygens (including phenoxy) is 2. The highest BCUT2D eigenvalue weighted by Gasteiger charge is 1.97. The second kappa shape index (κ2) is 5.90. The third-order valence-corrected chi connectivity index (χ3v) is 1.93. The predicted octanol–water partition coefficient (Wildman–Crippen LogP) is 2.71. The second-order valence-corrected chi connectivity index (χ2v) is 3.07. The van der Waals surface area contributed by atoms with Crippen molar-refractivity contribution in [2.75, 3.05) is 13.9 Å². The van der Waals surface area contributed by atoms with Gasteiger partial charge >= 0.3 is 0 Å². The summed E-state index contributed by atoms with van der Waals surface area (Å²) >= 11 is 0. The summed E-state index contributed by atoms with van der Waals surface area (Å²) in [5.41, 5.74) is 2.10. The maximum Gasteiger partial charge on any atom is 0.188 e. The van der Waals surface area contributed by atoms with E-state index in [1.54, 1.807) is 13.2 Å². The van der Waals surface area contributed by atoms with Gasteiger partial charge in [-0.1, -0.05) is 18.1 Å². The zero-order chi connectivity index (χ0) is 11.1. The summed E-state index contributed by atoms with van der Waals surface area (Å²) in [5, 5.41) is 0. The standard InChI is InChI=1S/C13H14O2/c1-4-6-11(2)12-7-5-8-13(9-12)15-10-14-3/h1,5-9H,10H2,2-3H3/b11-6+. The lowest BCUT2D eigenvalue weighted by Gasteiger charge is -2.06. The number of terminal acetylenes is 1. The van der Waals surface area contributed by atoms with E-state index in [4.69, 9.17) is 15.9 Å². The lowest BCUT2D eigenvalue weighted by molar-refractivity contribution is 0.0511. The first-order valence-corrected chi connectivity index (χ1v) is 4.63. The van der Waals surface area contributed by atoms with Crippen LogP contribution in [-0.4, -0.2) is 13.9 Å². The molecule has 2 heteroatoms. The first-order valence-electron chi connectivity index (χ1n) is 4.63. The van der Waals surface area contributed by atoms with E-state index in [9.17, 15) is 0 Å². The molecule has 0 heterocycles. The summed E-state index contributed by atoms with van der Waals surface area (Å²) in [5.74, 6) is 3.28. The van der Waals surface area contributed by atoms with Gasteiger partial charge in [0.15, 0.2) is 6.79 Å². The van der Waals surface area contributed by atoms with Crippen molar-refractivity contribution < 1.29 is 9.47 Å². The first kappa shape index (κ1) is 11.4. The Bertz CT molecular complexity index is 386. The van der Waals surface area contributed by atoms with Crippen LogP contribution in [0.15, 0.2) is 30.3 Å². The molecule has 15 heavy (non-hydrogen) atoms. The molecule has 1 rings (SSSR count). The zero-order valence-electron chi connectivity index (χ0n) is 8.99. The van der Waals surface area contributed by atoms with Crippen molar-refractivity contribution in [2.45, 2.75) is 6.92 Å². The van der Waals surface area contributed by atoms with Crippen molar-refractivity contribution in [1.29, 1.82) is 0 Å². The summed E-state index contributed by atoms with van der Waals surface area (Å²) < 4.78 is 10.1. The van der Waals surface area contributed by atoms with Crippen LogP contribution in [0.3, 0.4) is 0 Å². The number of hydrogen-bond donors (Lipinski definition) is 0. The molecule has 0 saturated carbocycles. The lowest BCUT2D eigenvalue weighted by Crippen LogP contribution is -1.98. The van der Waals surface area contributed by atoms with E-state index in [1.165, 1.54) is 0 Å². The molecule has 0 bridgehead atoms. The summed E-state index contributed by atoms with van der Waals surface area (Å²) in [7, 11) is 1.59. The topological polar surface area (TPSA) is 18.5 Å². The van der Waals surface area contributed by atoms with Crippen LogP contribution in [0.25, 0.3) is 5.57 Å². The Balaban J connectivity index is 2.83.